The van der Waals surface area contributed by atoms with Gasteiger partial charge in [0.1, 0.15) is 5.82 Å². The van der Waals surface area contributed by atoms with Gasteiger partial charge in [-0.05, 0) is 66.3 Å². The summed E-state index contributed by atoms with van der Waals surface area (Å²) in [6.45, 7) is 7.78. The molecule has 0 aliphatic heterocycles. The highest BCUT2D eigenvalue weighted by molar-refractivity contribution is 6.12. The quantitative estimate of drug-likeness (QED) is 0.138. The van der Waals surface area contributed by atoms with Crippen LogP contribution in [0.5, 0.6) is 0 Å². The summed E-state index contributed by atoms with van der Waals surface area (Å²) in [7, 11) is 0. The van der Waals surface area contributed by atoms with Gasteiger partial charge in [-0.15, -0.1) is 0 Å². The number of aromatic nitrogens is 1. The molecule has 0 aliphatic rings. The summed E-state index contributed by atoms with van der Waals surface area (Å²) in [5.74, 6) is -0.853. The molecule has 214 valence electrons. The van der Waals surface area contributed by atoms with E-state index < -0.39 is 12.2 Å². The third-order valence-electron chi connectivity index (χ3n) is 6.99. The first kappa shape index (κ1) is 29.8. The van der Waals surface area contributed by atoms with Crippen molar-refractivity contribution in [3.8, 4) is 22.4 Å². The number of benzene rings is 3. The van der Waals surface area contributed by atoms with Crippen LogP contribution in [0.4, 0.5) is 10.1 Å². The zero-order chi connectivity index (χ0) is 29.5. The lowest BCUT2D eigenvalue weighted by Gasteiger charge is -2.20. The Morgan fingerprint density at radius 2 is 1.51 bits per heavy atom. The van der Waals surface area contributed by atoms with Crippen molar-refractivity contribution < 1.29 is 24.5 Å². The summed E-state index contributed by atoms with van der Waals surface area (Å²) in [6.07, 6.45) is -1.46. The van der Waals surface area contributed by atoms with Crippen LogP contribution < -0.4 is 5.32 Å². The molecule has 6 nitrogen and oxygen atoms in total. The van der Waals surface area contributed by atoms with Gasteiger partial charge < -0.3 is 25.2 Å². The number of halogens is 1. The minimum Gasteiger partial charge on any atom is -0.513 e. The Bertz CT molecular complexity index is 1460. The van der Waals surface area contributed by atoms with Gasteiger partial charge >= 0.3 is 0 Å². The van der Waals surface area contributed by atoms with Crippen molar-refractivity contribution in [3.63, 3.8) is 0 Å². The van der Waals surface area contributed by atoms with Gasteiger partial charge in [-0.3, -0.25) is 4.79 Å². The number of anilines is 1. The second kappa shape index (κ2) is 13.4. The summed E-state index contributed by atoms with van der Waals surface area (Å²) in [6, 6.07) is 25.1. The SMILES string of the molecule is C=C(O)CC(O)CC(O)CCn1c(-c2ccc(F)cc2)c(-c2ccccc2)c(C(=O)Nc2ccccc2)c1C(C)C. The maximum Gasteiger partial charge on any atom is 0.258 e. The lowest BCUT2D eigenvalue weighted by Crippen LogP contribution is -2.21. The van der Waals surface area contributed by atoms with Crippen LogP contribution in [-0.2, 0) is 6.54 Å². The number of carbonyl (C=O) groups is 1. The predicted molar refractivity (Wildman–Crippen MR) is 161 cm³/mol. The molecule has 3 aromatic carbocycles. The van der Waals surface area contributed by atoms with Crippen LogP contribution in [0.2, 0.25) is 0 Å². The summed E-state index contributed by atoms with van der Waals surface area (Å²) in [5, 5.41) is 33.5. The van der Waals surface area contributed by atoms with E-state index in [2.05, 4.69) is 11.9 Å². The normalized spacial score (nSPS) is 12.7. The van der Waals surface area contributed by atoms with E-state index in [4.69, 9.17) is 0 Å². The van der Waals surface area contributed by atoms with Crippen molar-refractivity contribution in [1.29, 1.82) is 0 Å². The summed E-state index contributed by atoms with van der Waals surface area (Å²) in [5.41, 5.74) is 5.00. The molecule has 2 atom stereocenters. The summed E-state index contributed by atoms with van der Waals surface area (Å²) >= 11 is 0. The molecule has 0 saturated carbocycles. The minimum atomic E-state index is -0.930. The lowest BCUT2D eigenvalue weighted by molar-refractivity contribution is 0.0679. The maximum atomic E-state index is 14.1. The van der Waals surface area contributed by atoms with E-state index in [1.807, 2.05) is 79.1 Å². The Hall–Kier alpha value is -4.20. The van der Waals surface area contributed by atoms with Crippen LogP contribution in [0.3, 0.4) is 0 Å². The molecule has 7 heteroatoms. The van der Waals surface area contributed by atoms with Crippen LogP contribution in [0.15, 0.2) is 97.3 Å². The molecule has 1 amide bonds. The monoisotopic (exact) mass is 556 g/mol. The van der Waals surface area contributed by atoms with Gasteiger partial charge in [-0.25, -0.2) is 4.39 Å². The molecule has 1 aromatic heterocycles. The first-order valence-electron chi connectivity index (χ1n) is 13.8. The highest BCUT2D eigenvalue weighted by atomic mass is 19.1. The molecule has 0 spiro atoms. The number of rotatable bonds is 12. The maximum absolute atomic E-state index is 14.1. The Labute approximate surface area is 240 Å². The van der Waals surface area contributed by atoms with Crippen molar-refractivity contribution in [2.45, 2.75) is 57.8 Å². The molecule has 0 aliphatic carbocycles. The van der Waals surface area contributed by atoms with Crippen molar-refractivity contribution >= 4 is 11.6 Å². The van der Waals surface area contributed by atoms with Crippen molar-refractivity contribution in [2.24, 2.45) is 0 Å². The lowest BCUT2D eigenvalue weighted by atomic mass is 9.94. The minimum absolute atomic E-state index is 0.0133. The van der Waals surface area contributed by atoms with E-state index in [0.717, 1.165) is 28.1 Å². The highest BCUT2D eigenvalue weighted by Gasteiger charge is 2.30. The second-order valence-electron chi connectivity index (χ2n) is 10.6. The molecular weight excluding hydrogens is 519 g/mol. The van der Waals surface area contributed by atoms with E-state index in [1.54, 1.807) is 12.1 Å². The zero-order valence-corrected chi connectivity index (χ0v) is 23.4. The number of aliphatic hydroxyl groups excluding tert-OH is 3. The number of carbonyl (C=O) groups excluding carboxylic acids is 1. The molecule has 0 fully saturated rings. The van der Waals surface area contributed by atoms with Crippen molar-refractivity contribution in [2.75, 3.05) is 5.32 Å². The Balaban J connectivity index is 1.89. The van der Waals surface area contributed by atoms with E-state index in [9.17, 15) is 24.5 Å². The summed E-state index contributed by atoms with van der Waals surface area (Å²) in [4.78, 5) is 14.1. The Morgan fingerprint density at radius 3 is 2.10 bits per heavy atom. The number of nitrogens with one attached hydrogen (secondary N) is 1. The van der Waals surface area contributed by atoms with E-state index >= 15 is 0 Å². The van der Waals surface area contributed by atoms with Crippen LogP contribution in [0.1, 0.15) is 55.1 Å². The molecular formula is C34H37FN2O4. The standard InChI is InChI=1S/C34H37FN2O4/c1-22(2)32-31(34(41)36-27-12-8-5-9-13-27)30(24-10-6-4-7-11-24)33(25-14-16-26(35)17-15-25)37(32)19-18-28(39)21-29(40)20-23(3)38/h4-17,22,28-29,38-40H,3,18-21H2,1-2H3,(H,36,41). The first-order valence-corrected chi connectivity index (χ1v) is 13.8. The topological polar surface area (TPSA) is 94.7 Å². The average Bonchev–Trinajstić information content (AvgIpc) is 3.28. The fourth-order valence-electron chi connectivity index (χ4n) is 5.27. The first-order chi connectivity index (χ1) is 19.7. The van der Waals surface area contributed by atoms with Gasteiger partial charge in [-0.2, -0.15) is 0 Å². The number of nitrogens with zero attached hydrogens (tertiary/aromatic N) is 1. The van der Waals surface area contributed by atoms with Crippen molar-refractivity contribution in [1.82, 2.24) is 4.57 Å². The third kappa shape index (κ3) is 7.31. The molecule has 2 unspecified atom stereocenters. The molecule has 4 rings (SSSR count). The van der Waals surface area contributed by atoms with Crippen LogP contribution in [0, 0.1) is 5.82 Å². The van der Waals surface area contributed by atoms with Crippen molar-refractivity contribution in [3.05, 3.63) is 114 Å². The van der Waals surface area contributed by atoms with Gasteiger partial charge in [0.05, 0.1) is 29.2 Å². The number of para-hydroxylation sites is 1. The van der Waals surface area contributed by atoms with Gasteiger partial charge in [0.15, 0.2) is 0 Å². The highest BCUT2D eigenvalue weighted by Crippen LogP contribution is 2.42. The van der Waals surface area contributed by atoms with Gasteiger partial charge in [0.2, 0.25) is 0 Å². The second-order valence-corrected chi connectivity index (χ2v) is 10.6. The number of amides is 1. The number of hydrogen-bond donors (Lipinski definition) is 4. The Kier molecular flexibility index (Phi) is 9.76. The molecule has 0 radical (unpaired) electrons. The van der Waals surface area contributed by atoms with Crippen LogP contribution in [-0.4, -0.2) is 38.0 Å². The predicted octanol–water partition coefficient (Wildman–Crippen LogP) is 7.30. The fourth-order valence-corrected chi connectivity index (χ4v) is 5.27. The summed E-state index contributed by atoms with van der Waals surface area (Å²) < 4.78 is 16.1. The number of aliphatic hydroxyl groups is 3. The molecule has 4 aromatic rings. The van der Waals surface area contributed by atoms with Crippen LogP contribution >= 0.6 is 0 Å². The zero-order valence-electron chi connectivity index (χ0n) is 23.4. The van der Waals surface area contributed by atoms with Gasteiger partial charge in [-0.1, -0.05) is 69.0 Å². The number of hydrogen-bond acceptors (Lipinski definition) is 4. The van der Waals surface area contributed by atoms with E-state index in [-0.39, 0.29) is 42.7 Å². The van der Waals surface area contributed by atoms with Gasteiger partial charge in [0.25, 0.3) is 5.91 Å². The van der Waals surface area contributed by atoms with E-state index in [0.29, 0.717) is 17.8 Å². The molecule has 1 heterocycles. The van der Waals surface area contributed by atoms with Gasteiger partial charge in [0, 0.05) is 29.9 Å². The van der Waals surface area contributed by atoms with Crippen LogP contribution in [0.25, 0.3) is 22.4 Å². The Morgan fingerprint density at radius 1 is 0.902 bits per heavy atom. The smallest absolute Gasteiger partial charge is 0.258 e. The molecule has 0 saturated heterocycles. The largest absolute Gasteiger partial charge is 0.513 e. The molecule has 4 N–H and O–H groups in total. The third-order valence-corrected chi connectivity index (χ3v) is 6.99. The molecule has 0 bridgehead atoms. The molecule has 41 heavy (non-hydrogen) atoms. The fraction of sp³-hybridized carbons (Fsp3) is 0.265. The average molecular weight is 557 g/mol. The van der Waals surface area contributed by atoms with E-state index in [1.165, 1.54) is 12.1 Å².